The van der Waals surface area contributed by atoms with Crippen LogP contribution >= 0.6 is 0 Å². The molecule has 16 heteroatoms. The minimum Gasteiger partial charge on any atom is -0.454 e. The summed E-state index contributed by atoms with van der Waals surface area (Å²) in [6.07, 6.45) is 6.25. The number of morpholine rings is 2. The molecule has 0 bridgehead atoms. The Hall–Kier alpha value is -7.40. The van der Waals surface area contributed by atoms with E-state index in [-0.39, 0.29) is 11.1 Å². The van der Waals surface area contributed by atoms with Crippen LogP contribution < -0.4 is 29.5 Å². The van der Waals surface area contributed by atoms with Crippen molar-refractivity contribution < 1.29 is 27.7 Å². The van der Waals surface area contributed by atoms with E-state index in [1.807, 2.05) is 54.6 Å². The molecule has 298 valence electrons. The number of nitrogens with zero attached hydrogens (tertiary/aromatic N) is 9. The van der Waals surface area contributed by atoms with Crippen LogP contribution in [0.2, 0.25) is 0 Å². The van der Waals surface area contributed by atoms with E-state index in [0.29, 0.717) is 46.3 Å². The maximum Gasteiger partial charge on any atom is 0.229 e. The lowest BCUT2D eigenvalue weighted by molar-refractivity contribution is 0.122. The number of rotatable bonds is 10. The van der Waals surface area contributed by atoms with Crippen LogP contribution in [0.1, 0.15) is 11.1 Å². The van der Waals surface area contributed by atoms with Gasteiger partial charge in [0.25, 0.3) is 0 Å². The normalized spacial score (nSPS) is 13.6. The van der Waals surface area contributed by atoms with E-state index in [2.05, 4.69) is 35.1 Å². The van der Waals surface area contributed by atoms with Crippen molar-refractivity contribution >= 4 is 34.6 Å². The lowest BCUT2D eigenvalue weighted by Gasteiger charge is -2.29. The summed E-state index contributed by atoms with van der Waals surface area (Å²) in [5.41, 5.74) is 3.22. The lowest BCUT2D eigenvalue weighted by Crippen LogP contribution is -2.36. The number of hydrogen-bond donors (Lipinski definition) is 1. The number of benzene rings is 4. The molecule has 59 heavy (non-hydrogen) atoms. The number of nitrogens with one attached hydrogen (secondary N) is 1. The van der Waals surface area contributed by atoms with E-state index in [1.54, 1.807) is 48.9 Å². The Kier molecular flexibility index (Phi) is 12.9. The molecule has 0 saturated carbocycles. The molecular formula is C43H38F2N10O4. The summed E-state index contributed by atoms with van der Waals surface area (Å²) in [7, 11) is 1.75. The van der Waals surface area contributed by atoms with Gasteiger partial charge in [-0.2, -0.15) is 10.5 Å². The third-order valence-electron chi connectivity index (χ3n) is 9.20. The van der Waals surface area contributed by atoms with E-state index in [4.69, 9.17) is 29.5 Å². The molecule has 4 aromatic carbocycles. The highest BCUT2D eigenvalue weighted by Crippen LogP contribution is 2.29. The summed E-state index contributed by atoms with van der Waals surface area (Å²) in [5.74, 6) is 1.97. The SMILES string of the molecule is CN(c1ccc(F)c(C#N)c1)c1ncc(Oc2cccc(N3CCOCC3)c2)cn1.N#Cc1cc(Nc2ncc(Oc3cccc(N4CCOCC4)c3)cn2)ccc1F. The van der Waals surface area contributed by atoms with Crippen LogP contribution in [-0.4, -0.2) is 79.6 Å². The topological polar surface area (TPSA) is 158 Å². The molecule has 1 N–H and O–H groups in total. The Morgan fingerprint density at radius 3 is 1.64 bits per heavy atom. The van der Waals surface area contributed by atoms with Crippen LogP contribution in [0.4, 0.5) is 43.4 Å². The number of aromatic nitrogens is 4. The molecule has 0 radical (unpaired) electrons. The van der Waals surface area contributed by atoms with Crippen LogP contribution in [0.15, 0.2) is 110 Å². The van der Waals surface area contributed by atoms with Crippen LogP contribution in [0, 0.1) is 34.3 Å². The molecule has 2 aliphatic rings. The maximum absolute atomic E-state index is 13.5. The zero-order chi connectivity index (χ0) is 41.0. The molecule has 0 aliphatic carbocycles. The molecule has 2 aromatic heterocycles. The maximum atomic E-state index is 13.5. The van der Waals surface area contributed by atoms with E-state index >= 15 is 0 Å². The van der Waals surface area contributed by atoms with Crippen molar-refractivity contribution in [2.45, 2.75) is 0 Å². The second kappa shape index (κ2) is 19.2. The van der Waals surface area contributed by atoms with Crippen molar-refractivity contribution in [1.82, 2.24) is 19.9 Å². The van der Waals surface area contributed by atoms with Gasteiger partial charge in [0.05, 0.1) is 62.3 Å². The number of halogens is 2. The Morgan fingerprint density at radius 2 is 1.12 bits per heavy atom. The fraction of sp³-hybridized carbons (Fsp3) is 0.209. The molecule has 0 amide bonds. The first-order valence-electron chi connectivity index (χ1n) is 18.6. The Bertz CT molecular complexity index is 2430. The van der Waals surface area contributed by atoms with Gasteiger partial charge in [-0.3, -0.25) is 0 Å². The summed E-state index contributed by atoms with van der Waals surface area (Å²) < 4.78 is 49.5. The van der Waals surface area contributed by atoms with E-state index in [9.17, 15) is 8.78 Å². The first-order valence-corrected chi connectivity index (χ1v) is 18.6. The Balaban J connectivity index is 0.000000179. The first kappa shape index (κ1) is 39.8. The van der Waals surface area contributed by atoms with Gasteiger partial charge in [0, 0.05) is 68.1 Å². The summed E-state index contributed by atoms with van der Waals surface area (Å²) in [6.45, 7) is 6.28. The zero-order valence-electron chi connectivity index (χ0n) is 32.0. The van der Waals surface area contributed by atoms with Crippen LogP contribution in [-0.2, 0) is 9.47 Å². The van der Waals surface area contributed by atoms with Gasteiger partial charge in [-0.1, -0.05) is 12.1 Å². The highest BCUT2D eigenvalue weighted by molar-refractivity contribution is 5.60. The molecule has 0 atom stereocenters. The van der Waals surface area contributed by atoms with Gasteiger partial charge in [0.15, 0.2) is 11.5 Å². The smallest absolute Gasteiger partial charge is 0.229 e. The number of anilines is 6. The molecule has 4 heterocycles. The fourth-order valence-corrected chi connectivity index (χ4v) is 6.11. The molecule has 2 aliphatic heterocycles. The van der Waals surface area contributed by atoms with Gasteiger partial charge >= 0.3 is 0 Å². The predicted octanol–water partition coefficient (Wildman–Crippen LogP) is 7.74. The van der Waals surface area contributed by atoms with Gasteiger partial charge in [-0.25, -0.2) is 28.7 Å². The predicted molar refractivity (Wildman–Crippen MR) is 217 cm³/mol. The molecular weight excluding hydrogens is 759 g/mol. The number of hydrogen-bond acceptors (Lipinski definition) is 14. The van der Waals surface area contributed by atoms with E-state index in [0.717, 1.165) is 64.0 Å². The van der Waals surface area contributed by atoms with Crippen molar-refractivity contribution in [2.24, 2.45) is 0 Å². The van der Waals surface area contributed by atoms with Crippen molar-refractivity contribution in [3.63, 3.8) is 0 Å². The Labute approximate surface area is 339 Å². The monoisotopic (exact) mass is 796 g/mol. The van der Waals surface area contributed by atoms with Crippen molar-refractivity contribution in [3.8, 4) is 35.1 Å². The highest BCUT2D eigenvalue weighted by Gasteiger charge is 2.15. The standard InChI is InChI=1S/C22H20FN5O2.C21H18FN5O2/c1-27(17-5-6-21(23)16(11-17)13-24)22-25-14-20(15-26-22)30-19-4-2-3-18(12-19)28-7-9-29-10-8-28;22-20-5-4-16(10-15(20)12-23)26-21-24-13-19(14-25-21)29-18-3-1-2-17(11-18)27-6-8-28-9-7-27/h2-6,11-12,14-15H,7-10H2,1H3;1-5,10-11,13-14H,6-9H2,(H,24,25,26). The van der Waals surface area contributed by atoms with Crippen molar-refractivity contribution in [2.75, 3.05) is 79.7 Å². The van der Waals surface area contributed by atoms with E-state index < -0.39 is 11.6 Å². The van der Waals surface area contributed by atoms with E-state index in [1.165, 1.54) is 30.3 Å². The molecule has 2 fully saturated rings. The minimum absolute atomic E-state index is 0.0283. The van der Waals surface area contributed by atoms with Crippen molar-refractivity contribution in [3.05, 3.63) is 132 Å². The molecule has 0 unspecified atom stereocenters. The molecule has 8 rings (SSSR count). The van der Waals surface area contributed by atoms with Crippen molar-refractivity contribution in [1.29, 1.82) is 10.5 Å². The summed E-state index contributed by atoms with van der Waals surface area (Å²) in [4.78, 5) is 23.2. The summed E-state index contributed by atoms with van der Waals surface area (Å²) >= 11 is 0. The lowest BCUT2D eigenvalue weighted by atomic mass is 10.2. The number of ether oxygens (including phenoxy) is 4. The molecule has 0 spiro atoms. The Morgan fingerprint density at radius 1 is 0.627 bits per heavy atom. The van der Waals surface area contributed by atoms with Gasteiger partial charge in [-0.15, -0.1) is 0 Å². The second-order valence-corrected chi connectivity index (χ2v) is 13.1. The minimum atomic E-state index is -0.568. The molecule has 14 nitrogen and oxygen atoms in total. The summed E-state index contributed by atoms with van der Waals surface area (Å²) in [6, 6.07) is 27.7. The van der Waals surface area contributed by atoms with Crippen LogP contribution in [0.5, 0.6) is 23.0 Å². The quantitative estimate of drug-likeness (QED) is 0.143. The van der Waals surface area contributed by atoms with Gasteiger partial charge < -0.3 is 39.0 Å². The average Bonchev–Trinajstić information content (AvgIpc) is 3.29. The average molecular weight is 797 g/mol. The van der Waals surface area contributed by atoms with Crippen LogP contribution in [0.3, 0.4) is 0 Å². The fourth-order valence-electron chi connectivity index (χ4n) is 6.11. The van der Waals surface area contributed by atoms with Gasteiger partial charge in [0.2, 0.25) is 11.9 Å². The third kappa shape index (κ3) is 10.5. The second-order valence-electron chi connectivity index (χ2n) is 13.1. The molecule has 2 saturated heterocycles. The highest BCUT2D eigenvalue weighted by atomic mass is 19.1. The van der Waals surface area contributed by atoms with Gasteiger partial charge in [0.1, 0.15) is 35.3 Å². The first-order chi connectivity index (χ1) is 28.8. The largest absolute Gasteiger partial charge is 0.454 e. The third-order valence-corrected chi connectivity index (χ3v) is 9.20. The molecule has 6 aromatic rings. The number of nitriles is 2. The van der Waals surface area contributed by atoms with Crippen LogP contribution in [0.25, 0.3) is 0 Å². The van der Waals surface area contributed by atoms with Gasteiger partial charge in [-0.05, 0) is 60.7 Å². The zero-order valence-corrected chi connectivity index (χ0v) is 32.0. The summed E-state index contributed by atoms with van der Waals surface area (Å²) in [5, 5.41) is 20.9.